The zero-order valence-electron chi connectivity index (χ0n) is 32.6. The second-order valence-corrected chi connectivity index (χ2v) is 14.0. The first-order valence-corrected chi connectivity index (χ1v) is 18.9. The van der Waals surface area contributed by atoms with Gasteiger partial charge in [0.15, 0.2) is 0 Å². The number of carbonyl (C=O) groups excluding carboxylic acids is 6. The van der Waals surface area contributed by atoms with Gasteiger partial charge in [0.2, 0.25) is 35.4 Å². The summed E-state index contributed by atoms with van der Waals surface area (Å²) in [5, 5.41) is 43.3. The number of aromatic amines is 1. The van der Waals surface area contributed by atoms with E-state index in [2.05, 4.69) is 36.9 Å². The number of para-hydroxylation sites is 1. The molecule has 0 aliphatic heterocycles. The van der Waals surface area contributed by atoms with Crippen molar-refractivity contribution in [2.24, 2.45) is 5.73 Å². The van der Waals surface area contributed by atoms with E-state index in [1.54, 1.807) is 66.9 Å². The van der Waals surface area contributed by atoms with Gasteiger partial charge in [-0.1, -0.05) is 60.7 Å². The summed E-state index contributed by atoms with van der Waals surface area (Å²) in [4.78, 5) is 105. The van der Waals surface area contributed by atoms with Gasteiger partial charge in [0.05, 0.1) is 19.1 Å². The molecule has 0 fully saturated rings. The van der Waals surface area contributed by atoms with Crippen LogP contribution in [-0.2, 0) is 57.6 Å². The number of hydrogen-bond donors (Lipinski definition) is 11. The number of benzene rings is 3. The number of carboxylic acid groups (broad SMARTS) is 2. The van der Waals surface area contributed by atoms with E-state index in [9.17, 15) is 48.6 Å². The third-order valence-electron chi connectivity index (χ3n) is 9.27. The number of carbonyl (C=O) groups is 8. The van der Waals surface area contributed by atoms with Crippen LogP contribution in [-0.4, -0.2) is 111 Å². The summed E-state index contributed by atoms with van der Waals surface area (Å²) in [7, 11) is 0. The Morgan fingerprint density at radius 3 is 1.87 bits per heavy atom. The minimum absolute atomic E-state index is 0.00771. The number of rotatable bonds is 22. The molecule has 12 N–H and O–H groups in total. The summed E-state index contributed by atoms with van der Waals surface area (Å²) in [6.45, 7) is 0.147. The average Bonchev–Trinajstić information content (AvgIpc) is 3.63. The van der Waals surface area contributed by atoms with Gasteiger partial charge in [-0.25, -0.2) is 4.79 Å². The van der Waals surface area contributed by atoms with Crippen LogP contribution < -0.4 is 37.6 Å². The maximum atomic E-state index is 13.7. The van der Waals surface area contributed by atoms with E-state index in [4.69, 9.17) is 10.8 Å². The van der Waals surface area contributed by atoms with Crippen LogP contribution in [0.1, 0.15) is 36.5 Å². The number of nitrogens with two attached hydrogens (primary N) is 1. The average molecular weight is 829 g/mol. The molecule has 0 unspecified atom stereocenters. The van der Waals surface area contributed by atoms with Crippen LogP contribution in [0.25, 0.3) is 10.9 Å². The highest BCUT2D eigenvalue weighted by molar-refractivity contribution is 5.96. The van der Waals surface area contributed by atoms with E-state index >= 15 is 0 Å². The van der Waals surface area contributed by atoms with Gasteiger partial charge in [-0.2, -0.15) is 0 Å². The highest BCUT2D eigenvalue weighted by Gasteiger charge is 2.29. The Balaban J connectivity index is 1.41. The Kier molecular flexibility index (Phi) is 16.7. The Hall–Kier alpha value is -7.28. The summed E-state index contributed by atoms with van der Waals surface area (Å²) in [6, 6.07) is 15.7. The van der Waals surface area contributed by atoms with Gasteiger partial charge < -0.3 is 57.9 Å². The zero-order chi connectivity index (χ0) is 43.8. The Bertz CT molecular complexity index is 2160. The van der Waals surface area contributed by atoms with Crippen molar-refractivity contribution in [1.29, 1.82) is 0 Å². The minimum atomic E-state index is -1.52. The molecular weight excluding hydrogens is 780 g/mol. The molecule has 4 rings (SSSR count). The molecule has 1 heterocycles. The first-order chi connectivity index (χ1) is 28.6. The van der Waals surface area contributed by atoms with Crippen LogP contribution in [0.2, 0.25) is 0 Å². The standard InChI is InChI=1S/C41H48N8O11/c1-23(46-40(58)32(18-24-7-3-2-4-8-24)48-35(52)21-44-38(56)29(42)17-25-11-13-27(50)14-12-25)37(55)49-33(19-26-20-43-30-10-6-5-9-28(26)30)39(57)45-22-34(51)47-31(41(59)60)15-16-36(53)54/h2-14,20,23,29,31-33,43,50H,15-19,21-22,42H2,1H3,(H,44,56)(H,45,57)(H,46,58)(H,47,51)(H,48,52)(H,49,55)(H,53,54)(H,59,60)/t23-,29-,31-,32-,33-/m0/s1. The van der Waals surface area contributed by atoms with Crippen molar-refractivity contribution in [1.82, 2.24) is 36.9 Å². The minimum Gasteiger partial charge on any atom is -0.508 e. The summed E-state index contributed by atoms with van der Waals surface area (Å²) < 4.78 is 0. The fourth-order valence-electron chi connectivity index (χ4n) is 6.05. The molecule has 0 saturated heterocycles. The zero-order valence-corrected chi connectivity index (χ0v) is 32.6. The quantitative estimate of drug-likeness (QED) is 0.0472. The van der Waals surface area contributed by atoms with E-state index in [-0.39, 0.29) is 25.0 Å². The van der Waals surface area contributed by atoms with Gasteiger partial charge in [0.25, 0.3) is 0 Å². The van der Waals surface area contributed by atoms with E-state index in [0.29, 0.717) is 16.7 Å². The molecule has 0 aliphatic rings. The lowest BCUT2D eigenvalue weighted by Crippen LogP contribution is -2.57. The Morgan fingerprint density at radius 1 is 0.633 bits per heavy atom. The number of aromatic hydroxyl groups is 1. The van der Waals surface area contributed by atoms with Gasteiger partial charge in [0, 0.05) is 36.4 Å². The number of aliphatic carboxylic acids is 2. The van der Waals surface area contributed by atoms with Crippen LogP contribution in [0.4, 0.5) is 0 Å². The molecule has 5 atom stereocenters. The molecular formula is C41H48N8O11. The highest BCUT2D eigenvalue weighted by atomic mass is 16.4. The topological polar surface area (TPSA) is 311 Å². The van der Waals surface area contributed by atoms with Crippen LogP contribution in [0.15, 0.2) is 85.1 Å². The largest absolute Gasteiger partial charge is 0.508 e. The fourth-order valence-corrected chi connectivity index (χ4v) is 6.05. The predicted molar refractivity (Wildman–Crippen MR) is 216 cm³/mol. The summed E-state index contributed by atoms with van der Waals surface area (Å²) in [5.74, 6) is -7.30. The Labute approximate surface area is 343 Å². The molecule has 19 nitrogen and oxygen atoms in total. The van der Waals surface area contributed by atoms with Crippen LogP contribution >= 0.6 is 0 Å². The Morgan fingerprint density at radius 2 is 1.22 bits per heavy atom. The van der Waals surface area contributed by atoms with Crippen LogP contribution in [0.3, 0.4) is 0 Å². The monoisotopic (exact) mass is 828 g/mol. The van der Waals surface area contributed by atoms with Crippen molar-refractivity contribution in [2.75, 3.05) is 13.1 Å². The second-order valence-electron chi connectivity index (χ2n) is 14.0. The summed E-state index contributed by atoms with van der Waals surface area (Å²) in [5.41, 5.74) is 8.75. The van der Waals surface area contributed by atoms with Crippen molar-refractivity contribution < 1.29 is 53.7 Å². The first kappa shape index (κ1) is 45.4. The molecule has 1 aromatic heterocycles. The van der Waals surface area contributed by atoms with Crippen LogP contribution in [0.5, 0.6) is 5.75 Å². The molecule has 0 bridgehead atoms. The summed E-state index contributed by atoms with van der Waals surface area (Å²) in [6.07, 6.45) is 0.809. The molecule has 318 valence electrons. The third kappa shape index (κ3) is 14.3. The van der Waals surface area contributed by atoms with Crippen molar-refractivity contribution in [3.63, 3.8) is 0 Å². The van der Waals surface area contributed by atoms with Gasteiger partial charge in [-0.3, -0.25) is 33.6 Å². The molecule has 3 aromatic carbocycles. The molecule has 0 radical (unpaired) electrons. The predicted octanol–water partition coefficient (Wildman–Crippen LogP) is -0.630. The van der Waals surface area contributed by atoms with Gasteiger partial charge in [-0.05, 0) is 54.7 Å². The number of amides is 6. The van der Waals surface area contributed by atoms with Crippen molar-refractivity contribution in [2.45, 2.75) is 69.2 Å². The van der Waals surface area contributed by atoms with Crippen molar-refractivity contribution in [3.8, 4) is 5.75 Å². The van der Waals surface area contributed by atoms with Gasteiger partial charge in [0.1, 0.15) is 29.9 Å². The highest BCUT2D eigenvalue weighted by Crippen LogP contribution is 2.19. The maximum absolute atomic E-state index is 13.7. The maximum Gasteiger partial charge on any atom is 0.326 e. The van der Waals surface area contributed by atoms with Crippen molar-refractivity contribution >= 4 is 58.3 Å². The van der Waals surface area contributed by atoms with E-state index < -0.39 is 104 Å². The number of nitrogens with one attached hydrogen (secondary N) is 7. The number of phenols is 1. The summed E-state index contributed by atoms with van der Waals surface area (Å²) >= 11 is 0. The second kappa shape index (κ2) is 22.0. The number of carboxylic acids is 2. The van der Waals surface area contributed by atoms with Gasteiger partial charge >= 0.3 is 11.9 Å². The lowest BCUT2D eigenvalue weighted by atomic mass is 10.0. The molecule has 19 heteroatoms. The third-order valence-corrected chi connectivity index (χ3v) is 9.27. The normalized spacial score (nSPS) is 13.4. The van der Waals surface area contributed by atoms with E-state index in [1.807, 2.05) is 6.07 Å². The smallest absolute Gasteiger partial charge is 0.326 e. The van der Waals surface area contributed by atoms with E-state index in [0.717, 1.165) is 10.9 Å². The lowest BCUT2D eigenvalue weighted by molar-refractivity contribution is -0.143. The molecule has 0 saturated carbocycles. The molecule has 0 aliphatic carbocycles. The number of phenolic OH excluding ortho intramolecular Hbond substituents is 1. The SMILES string of the molecule is C[C@H](NC(=O)[C@H](Cc1ccccc1)NC(=O)CNC(=O)[C@@H](N)Cc1ccc(O)cc1)C(=O)N[C@@H](Cc1c[nH]c2ccccc12)C(=O)NCC(=O)N[C@@H](CCC(=O)O)C(=O)O. The number of fused-ring (bicyclic) bond motifs is 1. The van der Waals surface area contributed by atoms with E-state index in [1.165, 1.54) is 19.1 Å². The lowest BCUT2D eigenvalue weighted by Gasteiger charge is -2.24. The number of H-pyrrole nitrogens is 1. The molecule has 60 heavy (non-hydrogen) atoms. The molecule has 4 aromatic rings. The number of aromatic nitrogens is 1. The molecule has 6 amide bonds. The number of hydrogen-bond acceptors (Lipinski definition) is 10. The molecule has 0 spiro atoms. The fraction of sp³-hybridized carbons (Fsp3) is 0.317. The van der Waals surface area contributed by atoms with Crippen LogP contribution in [0, 0.1) is 0 Å². The van der Waals surface area contributed by atoms with Gasteiger partial charge in [-0.15, -0.1) is 0 Å². The van der Waals surface area contributed by atoms with Crippen molar-refractivity contribution in [3.05, 3.63) is 102 Å². The first-order valence-electron chi connectivity index (χ1n) is 18.9.